The normalized spacial score (nSPS) is 13.8. The molecule has 0 fully saturated rings. The summed E-state index contributed by atoms with van der Waals surface area (Å²) in [5.74, 6) is -0.0168. The summed E-state index contributed by atoms with van der Waals surface area (Å²) >= 11 is 1.30. The number of halogens is 1. The predicted molar refractivity (Wildman–Crippen MR) is 94.4 cm³/mol. The van der Waals surface area contributed by atoms with Crippen LogP contribution in [0.3, 0.4) is 0 Å². The first-order valence-electron chi connectivity index (χ1n) is 7.75. The molecule has 1 atom stereocenters. The summed E-state index contributed by atoms with van der Waals surface area (Å²) in [6.07, 6.45) is 0. The molecule has 0 bridgehead atoms. The van der Waals surface area contributed by atoms with Gasteiger partial charge in [0, 0.05) is 16.6 Å². The van der Waals surface area contributed by atoms with Crippen molar-refractivity contribution in [3.8, 4) is 11.5 Å². The number of hydrogen-bond acceptors (Lipinski definition) is 6. The van der Waals surface area contributed by atoms with Crippen LogP contribution < -0.4 is 14.8 Å². The van der Waals surface area contributed by atoms with Gasteiger partial charge in [0.1, 0.15) is 13.2 Å². The molecular formula is C17H15FN2O5S. The second-order valence-electron chi connectivity index (χ2n) is 5.48. The summed E-state index contributed by atoms with van der Waals surface area (Å²) in [7, 11) is 0. The third kappa shape index (κ3) is 4.05. The maximum absolute atomic E-state index is 13.4. The molecule has 0 spiro atoms. The van der Waals surface area contributed by atoms with Crippen LogP contribution >= 0.6 is 11.8 Å². The van der Waals surface area contributed by atoms with Gasteiger partial charge in [-0.2, -0.15) is 4.39 Å². The highest BCUT2D eigenvalue weighted by molar-refractivity contribution is 8.00. The van der Waals surface area contributed by atoms with E-state index in [1.165, 1.54) is 17.8 Å². The average Bonchev–Trinajstić information content (AvgIpc) is 2.63. The van der Waals surface area contributed by atoms with E-state index in [2.05, 4.69) is 5.32 Å². The van der Waals surface area contributed by atoms with Gasteiger partial charge in [-0.1, -0.05) is 0 Å². The van der Waals surface area contributed by atoms with Gasteiger partial charge in [-0.05, 0) is 37.3 Å². The van der Waals surface area contributed by atoms with Crippen molar-refractivity contribution in [1.29, 1.82) is 0 Å². The molecule has 0 saturated carbocycles. The monoisotopic (exact) mass is 378 g/mol. The molecule has 0 unspecified atom stereocenters. The van der Waals surface area contributed by atoms with Crippen LogP contribution in [0.25, 0.3) is 0 Å². The molecule has 1 N–H and O–H groups in total. The van der Waals surface area contributed by atoms with Crippen LogP contribution in [0.5, 0.6) is 11.5 Å². The second kappa shape index (κ2) is 7.61. The Morgan fingerprint density at radius 1 is 1.23 bits per heavy atom. The van der Waals surface area contributed by atoms with Crippen molar-refractivity contribution in [3.63, 3.8) is 0 Å². The predicted octanol–water partition coefficient (Wildman–Crippen LogP) is 3.62. The molecule has 0 aliphatic carbocycles. The zero-order valence-electron chi connectivity index (χ0n) is 13.7. The molecule has 0 saturated heterocycles. The highest BCUT2D eigenvalue weighted by atomic mass is 32.2. The number of fused-ring (bicyclic) bond motifs is 1. The van der Waals surface area contributed by atoms with E-state index < -0.39 is 21.7 Å². The number of nitro benzene ring substituents is 1. The Bertz CT molecular complexity index is 861. The standard InChI is InChI=1S/C17H15FN2O5S/c1-10(26-12-3-5-15-16(9-12)25-7-6-24-15)17(21)19-11-2-4-13(18)14(8-11)20(22)23/h2-5,8-10H,6-7H2,1H3,(H,19,21)/t10-/m1/s1. The average molecular weight is 378 g/mol. The molecule has 2 aromatic rings. The van der Waals surface area contributed by atoms with E-state index in [0.717, 1.165) is 17.0 Å². The molecular weight excluding hydrogens is 363 g/mol. The quantitative estimate of drug-likeness (QED) is 0.485. The minimum Gasteiger partial charge on any atom is -0.486 e. The molecule has 0 radical (unpaired) electrons. The van der Waals surface area contributed by atoms with Crippen LogP contribution in [0.2, 0.25) is 0 Å². The number of carbonyl (C=O) groups is 1. The number of thioether (sulfide) groups is 1. The van der Waals surface area contributed by atoms with Crippen molar-refractivity contribution >= 4 is 29.0 Å². The fraction of sp³-hybridized carbons (Fsp3) is 0.235. The third-order valence-corrected chi connectivity index (χ3v) is 4.70. The Kier molecular flexibility index (Phi) is 5.27. The number of nitrogens with one attached hydrogen (secondary N) is 1. The van der Waals surface area contributed by atoms with Gasteiger partial charge in [0.2, 0.25) is 11.7 Å². The van der Waals surface area contributed by atoms with Crippen molar-refractivity contribution in [2.24, 2.45) is 0 Å². The van der Waals surface area contributed by atoms with Gasteiger partial charge in [-0.3, -0.25) is 14.9 Å². The summed E-state index contributed by atoms with van der Waals surface area (Å²) in [6, 6.07) is 8.63. The van der Waals surface area contributed by atoms with E-state index in [9.17, 15) is 19.3 Å². The largest absolute Gasteiger partial charge is 0.486 e. The van der Waals surface area contributed by atoms with Gasteiger partial charge in [-0.15, -0.1) is 11.8 Å². The van der Waals surface area contributed by atoms with E-state index in [4.69, 9.17) is 9.47 Å². The fourth-order valence-electron chi connectivity index (χ4n) is 2.33. The molecule has 1 amide bonds. The fourth-order valence-corrected chi connectivity index (χ4v) is 3.22. The number of hydrogen-bond donors (Lipinski definition) is 1. The van der Waals surface area contributed by atoms with Gasteiger partial charge in [-0.25, -0.2) is 0 Å². The first kappa shape index (κ1) is 18.0. The van der Waals surface area contributed by atoms with Crippen molar-refractivity contribution in [2.75, 3.05) is 18.5 Å². The van der Waals surface area contributed by atoms with E-state index in [0.29, 0.717) is 24.7 Å². The molecule has 0 aromatic heterocycles. The Hall–Kier alpha value is -2.81. The minimum absolute atomic E-state index is 0.165. The summed E-state index contributed by atoms with van der Waals surface area (Å²) < 4.78 is 24.3. The van der Waals surface area contributed by atoms with Crippen molar-refractivity contribution in [1.82, 2.24) is 0 Å². The Balaban J connectivity index is 1.67. The number of amides is 1. The van der Waals surface area contributed by atoms with Gasteiger partial charge in [0.05, 0.1) is 10.2 Å². The van der Waals surface area contributed by atoms with Crippen molar-refractivity contribution in [3.05, 3.63) is 52.3 Å². The van der Waals surface area contributed by atoms with Crippen molar-refractivity contribution in [2.45, 2.75) is 17.1 Å². The Morgan fingerprint density at radius 2 is 1.96 bits per heavy atom. The molecule has 2 aromatic carbocycles. The van der Waals surface area contributed by atoms with Gasteiger partial charge >= 0.3 is 5.69 Å². The molecule has 26 heavy (non-hydrogen) atoms. The van der Waals surface area contributed by atoms with Crippen molar-refractivity contribution < 1.29 is 23.6 Å². The number of nitro groups is 1. The van der Waals surface area contributed by atoms with Crippen LogP contribution in [0, 0.1) is 15.9 Å². The van der Waals surface area contributed by atoms with E-state index in [-0.39, 0.29) is 11.6 Å². The smallest absolute Gasteiger partial charge is 0.306 e. The number of nitrogens with zero attached hydrogens (tertiary/aromatic N) is 1. The summed E-state index contributed by atoms with van der Waals surface area (Å²) in [5, 5.41) is 12.9. The number of carbonyl (C=O) groups excluding carboxylic acids is 1. The molecule has 3 rings (SSSR count). The number of ether oxygens (including phenoxy) is 2. The van der Waals surface area contributed by atoms with E-state index >= 15 is 0 Å². The molecule has 7 nitrogen and oxygen atoms in total. The summed E-state index contributed by atoms with van der Waals surface area (Å²) in [6.45, 7) is 2.68. The first-order valence-corrected chi connectivity index (χ1v) is 8.63. The van der Waals surface area contributed by atoms with Crippen LogP contribution in [-0.2, 0) is 4.79 Å². The van der Waals surface area contributed by atoms with Gasteiger partial charge in [0.15, 0.2) is 11.5 Å². The molecule has 1 aliphatic rings. The molecule has 136 valence electrons. The molecule has 9 heteroatoms. The zero-order chi connectivity index (χ0) is 18.7. The topological polar surface area (TPSA) is 90.7 Å². The Morgan fingerprint density at radius 3 is 2.69 bits per heavy atom. The maximum atomic E-state index is 13.4. The highest BCUT2D eigenvalue weighted by Gasteiger charge is 2.19. The lowest BCUT2D eigenvalue weighted by molar-refractivity contribution is -0.387. The summed E-state index contributed by atoms with van der Waals surface area (Å²) in [5.41, 5.74) is -0.521. The van der Waals surface area contributed by atoms with Crippen LogP contribution in [0.4, 0.5) is 15.8 Å². The minimum atomic E-state index is -0.952. The zero-order valence-corrected chi connectivity index (χ0v) is 14.5. The molecule has 1 aliphatic heterocycles. The van der Waals surface area contributed by atoms with Gasteiger partial charge in [0.25, 0.3) is 0 Å². The third-order valence-electron chi connectivity index (χ3n) is 3.61. The van der Waals surface area contributed by atoms with Crippen LogP contribution in [0.15, 0.2) is 41.3 Å². The molecule has 1 heterocycles. The lowest BCUT2D eigenvalue weighted by Gasteiger charge is -2.19. The van der Waals surface area contributed by atoms with Crippen LogP contribution in [-0.4, -0.2) is 29.3 Å². The maximum Gasteiger partial charge on any atom is 0.306 e. The van der Waals surface area contributed by atoms with Gasteiger partial charge < -0.3 is 14.8 Å². The Labute approximate surface area is 152 Å². The highest BCUT2D eigenvalue weighted by Crippen LogP contribution is 2.35. The summed E-state index contributed by atoms with van der Waals surface area (Å²) in [4.78, 5) is 23.1. The SMILES string of the molecule is C[C@@H](Sc1ccc2c(c1)OCCO2)C(=O)Nc1ccc(F)c([N+](=O)[O-])c1. The van der Waals surface area contributed by atoms with E-state index in [1.54, 1.807) is 19.1 Å². The van der Waals surface area contributed by atoms with E-state index in [1.807, 2.05) is 6.07 Å². The first-order chi connectivity index (χ1) is 12.4. The number of benzene rings is 2. The lowest BCUT2D eigenvalue weighted by atomic mass is 10.2. The second-order valence-corrected chi connectivity index (χ2v) is 6.89. The van der Waals surface area contributed by atoms with Crippen LogP contribution in [0.1, 0.15) is 6.92 Å². The number of rotatable bonds is 5. The lowest BCUT2D eigenvalue weighted by Crippen LogP contribution is -2.22. The number of anilines is 1.